The normalized spacial score (nSPS) is 10.7. The van der Waals surface area contributed by atoms with Crippen LogP contribution in [0.2, 0.25) is 0 Å². The maximum atomic E-state index is 2.18. The monoisotopic (exact) mass is 205 g/mol. The van der Waals surface area contributed by atoms with Gasteiger partial charge in [-0.2, -0.15) is 0 Å². The lowest BCUT2D eigenvalue weighted by Gasteiger charge is -1.97. The second-order valence-corrected chi connectivity index (χ2v) is 3.08. The van der Waals surface area contributed by atoms with Gasteiger partial charge in [-0.25, -0.2) is 0 Å². The summed E-state index contributed by atoms with van der Waals surface area (Å²) in [5.41, 5.74) is 2.56. The van der Waals surface area contributed by atoms with Crippen molar-refractivity contribution < 1.29 is 0 Å². The van der Waals surface area contributed by atoms with E-state index >= 15 is 0 Å². The van der Waals surface area contributed by atoms with Crippen molar-refractivity contribution in [1.82, 2.24) is 4.57 Å². The van der Waals surface area contributed by atoms with Crippen LogP contribution in [0.1, 0.15) is 45.4 Å². The highest BCUT2D eigenvalue weighted by molar-refractivity contribution is 5.63. The fourth-order valence-corrected chi connectivity index (χ4v) is 1.32. The lowest BCUT2D eigenvalue weighted by molar-refractivity contribution is 0.913. The first kappa shape index (κ1) is 13.8. The molecule has 84 valence electrons. The highest BCUT2D eigenvalue weighted by Gasteiger charge is 1.98. The fourth-order valence-electron chi connectivity index (χ4n) is 1.32. The van der Waals surface area contributed by atoms with Gasteiger partial charge in [-0.05, 0) is 31.1 Å². The largest absolute Gasteiger partial charge is 0.351 e. The average molecular weight is 205 g/mol. The first-order valence-electron chi connectivity index (χ1n) is 5.74. The first-order valence-corrected chi connectivity index (χ1v) is 5.74. The molecule has 0 fully saturated rings. The topological polar surface area (TPSA) is 4.93 Å². The molecule has 0 aromatic carbocycles. The van der Waals surface area contributed by atoms with E-state index in [1.807, 2.05) is 20.8 Å². The smallest absolute Gasteiger partial charge is 0.0474 e. The summed E-state index contributed by atoms with van der Waals surface area (Å²) >= 11 is 0. The van der Waals surface area contributed by atoms with E-state index < -0.39 is 0 Å². The molecule has 0 aliphatic carbocycles. The molecule has 1 heteroatoms. The summed E-state index contributed by atoms with van der Waals surface area (Å²) in [6.07, 6.45) is 11.7. The molecule has 0 aliphatic rings. The predicted molar refractivity (Wildman–Crippen MR) is 70.8 cm³/mol. The van der Waals surface area contributed by atoms with Crippen LogP contribution in [-0.2, 0) is 7.05 Å². The quantitative estimate of drug-likeness (QED) is 0.684. The van der Waals surface area contributed by atoms with Gasteiger partial charge in [-0.1, -0.05) is 39.0 Å². The van der Waals surface area contributed by atoms with Crippen molar-refractivity contribution in [2.75, 3.05) is 0 Å². The molecule has 0 saturated heterocycles. The van der Waals surface area contributed by atoms with Gasteiger partial charge in [0.1, 0.15) is 0 Å². The van der Waals surface area contributed by atoms with Crippen molar-refractivity contribution in [2.45, 2.75) is 34.1 Å². The molecule has 0 spiro atoms. The van der Waals surface area contributed by atoms with Crippen LogP contribution < -0.4 is 0 Å². The van der Waals surface area contributed by atoms with Crippen LogP contribution in [0.15, 0.2) is 24.4 Å². The van der Waals surface area contributed by atoms with Gasteiger partial charge >= 0.3 is 0 Å². The van der Waals surface area contributed by atoms with Crippen molar-refractivity contribution in [1.29, 1.82) is 0 Å². The summed E-state index contributed by atoms with van der Waals surface area (Å²) < 4.78 is 2.13. The van der Waals surface area contributed by atoms with Crippen LogP contribution in [0.5, 0.6) is 0 Å². The van der Waals surface area contributed by atoms with Gasteiger partial charge in [0.25, 0.3) is 0 Å². The summed E-state index contributed by atoms with van der Waals surface area (Å²) in [6.45, 7) is 8.19. The lowest BCUT2D eigenvalue weighted by atomic mass is 10.2. The zero-order valence-corrected chi connectivity index (χ0v) is 10.6. The van der Waals surface area contributed by atoms with Gasteiger partial charge in [-0.3, -0.25) is 0 Å². The molecule has 0 saturated carbocycles. The number of allylic oxidation sites excluding steroid dienone is 2. The minimum Gasteiger partial charge on any atom is -0.351 e. The highest BCUT2D eigenvalue weighted by atomic mass is 14.9. The third kappa shape index (κ3) is 4.20. The number of rotatable bonds is 3. The molecule has 0 amide bonds. The molecule has 0 bridgehead atoms. The number of aromatic nitrogens is 1. The van der Waals surface area contributed by atoms with E-state index in [4.69, 9.17) is 0 Å². The van der Waals surface area contributed by atoms with Gasteiger partial charge in [0.05, 0.1) is 0 Å². The summed E-state index contributed by atoms with van der Waals surface area (Å²) in [7, 11) is 2.07. The molecule has 1 aromatic heterocycles. The molecule has 1 rings (SSSR count). The Balaban J connectivity index is 0.000000921. The Bertz CT molecular complexity index is 316. The Labute approximate surface area is 94.1 Å². The second kappa shape index (κ2) is 8.10. The zero-order chi connectivity index (χ0) is 11.7. The molecule has 15 heavy (non-hydrogen) atoms. The van der Waals surface area contributed by atoms with Gasteiger partial charge in [0.2, 0.25) is 0 Å². The first-order chi connectivity index (χ1) is 7.29. The molecule has 0 aliphatic heterocycles. The van der Waals surface area contributed by atoms with Gasteiger partial charge in [-0.15, -0.1) is 0 Å². The van der Waals surface area contributed by atoms with Crippen molar-refractivity contribution in [3.63, 3.8) is 0 Å². The molecular weight excluding hydrogens is 182 g/mol. The molecular formula is C14H23N. The van der Waals surface area contributed by atoms with E-state index in [0.717, 1.165) is 6.42 Å². The van der Waals surface area contributed by atoms with Crippen LogP contribution in [0.25, 0.3) is 12.2 Å². The van der Waals surface area contributed by atoms with Crippen molar-refractivity contribution >= 4 is 12.2 Å². The summed E-state index contributed by atoms with van der Waals surface area (Å²) in [5, 5.41) is 0. The SMILES string of the molecule is C/C=C\c1c(/C=C\CC)ccn1C.CC. The maximum absolute atomic E-state index is 2.18. The highest BCUT2D eigenvalue weighted by Crippen LogP contribution is 2.13. The van der Waals surface area contributed by atoms with Crippen LogP contribution in [0.4, 0.5) is 0 Å². The molecule has 0 atom stereocenters. The van der Waals surface area contributed by atoms with E-state index in [-0.39, 0.29) is 0 Å². The van der Waals surface area contributed by atoms with Gasteiger partial charge in [0.15, 0.2) is 0 Å². The van der Waals surface area contributed by atoms with E-state index in [2.05, 4.69) is 55.1 Å². The minimum absolute atomic E-state index is 1.09. The van der Waals surface area contributed by atoms with Crippen molar-refractivity contribution in [3.05, 3.63) is 35.7 Å². The van der Waals surface area contributed by atoms with Gasteiger partial charge in [0, 0.05) is 18.9 Å². The number of nitrogens with zero attached hydrogens (tertiary/aromatic N) is 1. The Hall–Kier alpha value is -1.24. The minimum atomic E-state index is 1.09. The summed E-state index contributed by atoms with van der Waals surface area (Å²) in [5.74, 6) is 0. The molecule has 0 radical (unpaired) electrons. The Morgan fingerprint density at radius 2 is 1.93 bits per heavy atom. The number of hydrogen-bond donors (Lipinski definition) is 0. The summed E-state index contributed by atoms with van der Waals surface area (Å²) in [4.78, 5) is 0. The maximum Gasteiger partial charge on any atom is 0.0474 e. The molecule has 1 nitrogen and oxygen atoms in total. The van der Waals surface area contributed by atoms with E-state index in [1.54, 1.807) is 0 Å². The van der Waals surface area contributed by atoms with Crippen molar-refractivity contribution in [2.24, 2.45) is 7.05 Å². The van der Waals surface area contributed by atoms with Crippen LogP contribution in [0, 0.1) is 0 Å². The van der Waals surface area contributed by atoms with Crippen LogP contribution in [-0.4, -0.2) is 4.57 Å². The van der Waals surface area contributed by atoms with Crippen LogP contribution in [0.3, 0.4) is 0 Å². The standard InChI is InChI=1S/C12H17N.C2H6/c1-4-6-8-11-9-10-13(3)12(11)7-5-2;1-2/h5-10H,4H2,1-3H3;1-2H3/b7-5-,8-6-;. The molecule has 1 aromatic rings. The van der Waals surface area contributed by atoms with Crippen molar-refractivity contribution in [3.8, 4) is 0 Å². The Morgan fingerprint density at radius 3 is 2.47 bits per heavy atom. The molecule has 0 unspecified atom stereocenters. The summed E-state index contributed by atoms with van der Waals surface area (Å²) in [6, 6.07) is 2.14. The third-order valence-corrected chi connectivity index (χ3v) is 2.01. The zero-order valence-electron chi connectivity index (χ0n) is 10.6. The number of hydrogen-bond acceptors (Lipinski definition) is 0. The molecule has 0 N–H and O–H groups in total. The molecule has 1 heterocycles. The average Bonchev–Trinajstić information content (AvgIpc) is 2.61. The van der Waals surface area contributed by atoms with Crippen LogP contribution >= 0.6 is 0 Å². The van der Waals surface area contributed by atoms with E-state index in [9.17, 15) is 0 Å². The third-order valence-electron chi connectivity index (χ3n) is 2.01. The number of aryl methyl sites for hydroxylation is 1. The predicted octanol–water partition coefficient (Wildman–Crippen LogP) is 4.51. The fraction of sp³-hybridized carbons (Fsp3) is 0.429. The Morgan fingerprint density at radius 1 is 1.27 bits per heavy atom. The van der Waals surface area contributed by atoms with Gasteiger partial charge < -0.3 is 4.57 Å². The Kier molecular flexibility index (Phi) is 7.43. The lowest BCUT2D eigenvalue weighted by Crippen LogP contribution is -1.88. The van der Waals surface area contributed by atoms with E-state index in [0.29, 0.717) is 0 Å². The van der Waals surface area contributed by atoms with E-state index in [1.165, 1.54) is 11.3 Å². The second-order valence-electron chi connectivity index (χ2n) is 3.08.